The van der Waals surface area contributed by atoms with Crippen molar-refractivity contribution in [2.45, 2.75) is 25.3 Å². The van der Waals surface area contributed by atoms with E-state index in [0.29, 0.717) is 26.2 Å². The van der Waals surface area contributed by atoms with E-state index in [0.717, 1.165) is 12.1 Å². The third kappa shape index (κ3) is 3.92. The zero-order valence-corrected chi connectivity index (χ0v) is 11.9. The molecule has 1 aliphatic rings. The van der Waals surface area contributed by atoms with Gasteiger partial charge in [0.25, 0.3) is 0 Å². The molecule has 0 spiro atoms. The summed E-state index contributed by atoms with van der Waals surface area (Å²) in [5, 5.41) is 3.09. The van der Waals surface area contributed by atoms with Crippen molar-refractivity contribution >= 4 is 0 Å². The number of piperazine rings is 1. The molecule has 1 N–H and O–H groups in total. The maximum atomic E-state index is 12.9. The van der Waals surface area contributed by atoms with Crippen LogP contribution in [0.5, 0.6) is 0 Å². The Morgan fingerprint density at radius 1 is 0.909 bits per heavy atom. The third-order valence-electron chi connectivity index (χ3n) is 3.79. The molecule has 1 aromatic rings. The Morgan fingerprint density at radius 2 is 1.36 bits per heavy atom. The first-order valence-corrected chi connectivity index (χ1v) is 6.83. The second-order valence-electron chi connectivity index (χ2n) is 5.30. The van der Waals surface area contributed by atoms with Crippen molar-refractivity contribution in [1.29, 1.82) is 0 Å². The molecule has 1 aromatic carbocycles. The summed E-state index contributed by atoms with van der Waals surface area (Å²) in [5.41, 5.74) is -2.50. The fraction of sp³-hybridized carbons (Fsp3) is 0.571. The van der Waals surface area contributed by atoms with Gasteiger partial charge in [0.05, 0.1) is 11.1 Å². The van der Waals surface area contributed by atoms with E-state index in [9.17, 15) is 26.3 Å². The number of alkyl halides is 6. The van der Waals surface area contributed by atoms with E-state index in [2.05, 4.69) is 5.32 Å². The summed E-state index contributed by atoms with van der Waals surface area (Å²) in [6, 6.07) is 1.27. The van der Waals surface area contributed by atoms with E-state index in [-0.39, 0.29) is 11.6 Å². The molecule has 22 heavy (non-hydrogen) atoms. The minimum absolute atomic E-state index is 0.0315. The number of benzene rings is 1. The van der Waals surface area contributed by atoms with E-state index >= 15 is 0 Å². The molecule has 8 heteroatoms. The first kappa shape index (κ1) is 17.1. The summed E-state index contributed by atoms with van der Waals surface area (Å²) in [6.07, 6.45) is -9.61. The Hall–Kier alpha value is -1.28. The highest BCUT2D eigenvalue weighted by molar-refractivity contribution is 5.35. The summed E-state index contributed by atoms with van der Waals surface area (Å²) >= 11 is 0. The van der Waals surface area contributed by atoms with Crippen LogP contribution in [0.3, 0.4) is 0 Å². The van der Waals surface area contributed by atoms with Gasteiger partial charge in [0.15, 0.2) is 0 Å². The third-order valence-corrected chi connectivity index (χ3v) is 3.79. The molecule has 2 rings (SSSR count). The Balaban J connectivity index is 2.41. The van der Waals surface area contributed by atoms with Crippen LogP contribution in [0.1, 0.15) is 29.7 Å². The fourth-order valence-corrected chi connectivity index (χ4v) is 2.50. The van der Waals surface area contributed by atoms with Crippen LogP contribution in [0, 0.1) is 0 Å². The lowest BCUT2D eigenvalue weighted by atomic mass is 9.99. The maximum Gasteiger partial charge on any atom is 0.416 e. The summed E-state index contributed by atoms with van der Waals surface area (Å²) < 4.78 is 77.1. The van der Waals surface area contributed by atoms with Gasteiger partial charge in [0, 0.05) is 32.2 Å². The quantitative estimate of drug-likeness (QED) is 0.834. The lowest BCUT2D eigenvalue weighted by Crippen LogP contribution is -2.44. The molecule has 0 aliphatic carbocycles. The molecule has 0 amide bonds. The molecular weight excluding hydrogens is 310 g/mol. The van der Waals surface area contributed by atoms with E-state index in [1.54, 1.807) is 6.92 Å². The van der Waals surface area contributed by atoms with Crippen LogP contribution in [0.4, 0.5) is 26.3 Å². The molecule has 1 atom stereocenters. The average Bonchev–Trinajstić information content (AvgIpc) is 2.45. The van der Waals surface area contributed by atoms with E-state index in [1.807, 2.05) is 4.90 Å². The lowest BCUT2D eigenvalue weighted by molar-refractivity contribution is -0.143. The highest BCUT2D eigenvalue weighted by atomic mass is 19.4. The predicted molar refractivity (Wildman–Crippen MR) is 69.3 cm³/mol. The summed E-state index contributed by atoms with van der Waals surface area (Å²) in [6.45, 7) is 4.11. The first-order valence-electron chi connectivity index (χ1n) is 6.83. The molecular formula is C14H16F6N2. The topological polar surface area (TPSA) is 15.3 Å². The van der Waals surface area contributed by atoms with E-state index in [4.69, 9.17) is 0 Å². The van der Waals surface area contributed by atoms with Gasteiger partial charge in [0.2, 0.25) is 0 Å². The maximum absolute atomic E-state index is 12.9. The standard InChI is InChI=1S/C14H16F6N2/c1-9(22-4-2-21-3-5-22)10-6-11(13(15,16)17)8-12(7-10)14(18,19)20/h6-9,21H,2-5H2,1H3. The van der Waals surface area contributed by atoms with Crippen LogP contribution in [0.15, 0.2) is 18.2 Å². The van der Waals surface area contributed by atoms with Gasteiger partial charge in [-0.15, -0.1) is 0 Å². The van der Waals surface area contributed by atoms with Crippen LogP contribution >= 0.6 is 0 Å². The molecule has 0 saturated carbocycles. The minimum atomic E-state index is -4.81. The molecule has 1 heterocycles. The Labute approximate surface area is 124 Å². The van der Waals surface area contributed by atoms with Gasteiger partial charge >= 0.3 is 12.4 Å². The first-order chi connectivity index (χ1) is 10.1. The number of halogens is 6. The highest BCUT2D eigenvalue weighted by Gasteiger charge is 2.37. The van der Waals surface area contributed by atoms with Crippen molar-refractivity contribution < 1.29 is 26.3 Å². The van der Waals surface area contributed by atoms with Crippen LogP contribution in [0.25, 0.3) is 0 Å². The lowest BCUT2D eigenvalue weighted by Gasteiger charge is -2.33. The number of nitrogens with zero attached hydrogens (tertiary/aromatic N) is 1. The number of nitrogens with one attached hydrogen (secondary N) is 1. The molecule has 0 aromatic heterocycles. The zero-order valence-electron chi connectivity index (χ0n) is 11.9. The van der Waals surface area contributed by atoms with Gasteiger partial charge in [-0.1, -0.05) is 0 Å². The monoisotopic (exact) mass is 326 g/mol. The number of hydrogen-bond acceptors (Lipinski definition) is 2. The van der Waals surface area contributed by atoms with Crippen molar-refractivity contribution in [3.63, 3.8) is 0 Å². The molecule has 0 bridgehead atoms. The summed E-state index contributed by atoms with van der Waals surface area (Å²) in [5.74, 6) is 0. The van der Waals surface area contributed by atoms with Crippen molar-refractivity contribution in [1.82, 2.24) is 10.2 Å². The summed E-state index contributed by atoms with van der Waals surface area (Å²) in [7, 11) is 0. The normalized spacial score (nSPS) is 19.2. The van der Waals surface area contributed by atoms with Gasteiger partial charge in [-0.05, 0) is 30.7 Å². The molecule has 0 radical (unpaired) electrons. The van der Waals surface area contributed by atoms with Gasteiger partial charge < -0.3 is 5.32 Å². The molecule has 2 nitrogen and oxygen atoms in total. The Kier molecular flexibility index (Phi) is 4.72. The molecule has 1 saturated heterocycles. The zero-order chi connectivity index (χ0) is 16.5. The smallest absolute Gasteiger partial charge is 0.314 e. The van der Waals surface area contributed by atoms with E-state index < -0.39 is 29.5 Å². The molecule has 1 fully saturated rings. The Morgan fingerprint density at radius 3 is 1.77 bits per heavy atom. The van der Waals surface area contributed by atoms with Gasteiger partial charge in [-0.25, -0.2) is 0 Å². The van der Waals surface area contributed by atoms with Crippen LogP contribution in [-0.4, -0.2) is 31.1 Å². The number of rotatable bonds is 2. The van der Waals surface area contributed by atoms with Crippen LogP contribution < -0.4 is 5.32 Å². The van der Waals surface area contributed by atoms with Gasteiger partial charge in [0.1, 0.15) is 0 Å². The minimum Gasteiger partial charge on any atom is -0.314 e. The molecule has 1 unspecified atom stereocenters. The SMILES string of the molecule is CC(c1cc(C(F)(F)F)cc(C(F)(F)F)c1)N1CCNCC1. The summed E-state index contributed by atoms with van der Waals surface area (Å²) in [4.78, 5) is 1.87. The van der Waals surface area contributed by atoms with Crippen molar-refractivity contribution in [2.75, 3.05) is 26.2 Å². The largest absolute Gasteiger partial charge is 0.416 e. The van der Waals surface area contributed by atoms with Crippen molar-refractivity contribution in [3.8, 4) is 0 Å². The molecule has 124 valence electrons. The van der Waals surface area contributed by atoms with Crippen LogP contribution in [0.2, 0.25) is 0 Å². The van der Waals surface area contributed by atoms with Crippen molar-refractivity contribution in [3.05, 3.63) is 34.9 Å². The predicted octanol–water partition coefficient (Wildman–Crippen LogP) is 3.69. The Bertz CT molecular complexity index is 485. The highest BCUT2D eigenvalue weighted by Crippen LogP contribution is 2.38. The average molecular weight is 326 g/mol. The van der Waals surface area contributed by atoms with Gasteiger partial charge in [-0.2, -0.15) is 26.3 Å². The number of hydrogen-bond donors (Lipinski definition) is 1. The second kappa shape index (κ2) is 6.08. The van der Waals surface area contributed by atoms with Crippen LogP contribution in [-0.2, 0) is 12.4 Å². The van der Waals surface area contributed by atoms with E-state index in [1.165, 1.54) is 0 Å². The van der Waals surface area contributed by atoms with Gasteiger partial charge in [-0.3, -0.25) is 4.90 Å². The fourth-order valence-electron chi connectivity index (χ4n) is 2.50. The van der Waals surface area contributed by atoms with Crippen molar-refractivity contribution in [2.24, 2.45) is 0 Å². The second-order valence-corrected chi connectivity index (χ2v) is 5.30. The molecule has 1 aliphatic heterocycles.